The molecule has 146 valence electrons. The fourth-order valence-corrected chi connectivity index (χ4v) is 3.15. The summed E-state index contributed by atoms with van der Waals surface area (Å²) in [7, 11) is 0. The molecule has 3 rings (SSSR count). The quantitative estimate of drug-likeness (QED) is 0.784. The van der Waals surface area contributed by atoms with Crippen molar-refractivity contribution in [3.8, 4) is 0 Å². The lowest BCUT2D eigenvalue weighted by Crippen LogP contribution is -2.51. The second kappa shape index (κ2) is 9.37. The predicted octanol–water partition coefficient (Wildman–Crippen LogP) is 2.96. The summed E-state index contributed by atoms with van der Waals surface area (Å²) in [6.07, 6.45) is 2.90. The molecule has 0 saturated carbocycles. The minimum Gasteiger partial charge on any atom is -0.368 e. The van der Waals surface area contributed by atoms with Gasteiger partial charge in [-0.3, -0.25) is 9.59 Å². The van der Waals surface area contributed by atoms with Crippen molar-refractivity contribution in [2.75, 3.05) is 37.6 Å². The average Bonchev–Trinajstić information content (AvgIpc) is 2.71. The van der Waals surface area contributed by atoms with Crippen LogP contribution in [0.5, 0.6) is 0 Å². The molecule has 0 bridgehead atoms. The number of hydrogen-bond acceptors (Lipinski definition) is 3. The number of anilines is 1. The fraction of sp³-hybridized carbons (Fsp3) is 0.238. The number of halogens is 2. The van der Waals surface area contributed by atoms with E-state index < -0.39 is 0 Å². The van der Waals surface area contributed by atoms with Gasteiger partial charge in [0.2, 0.25) is 11.8 Å². The van der Waals surface area contributed by atoms with E-state index >= 15 is 0 Å². The molecule has 1 aliphatic rings. The number of nitrogens with zero attached hydrogens (tertiary/aromatic N) is 2. The van der Waals surface area contributed by atoms with Crippen LogP contribution < -0.4 is 10.2 Å². The summed E-state index contributed by atoms with van der Waals surface area (Å²) in [5.74, 6) is -0.813. The van der Waals surface area contributed by atoms with Crippen LogP contribution in [-0.4, -0.2) is 49.4 Å². The fourth-order valence-electron chi connectivity index (χ4n) is 2.97. The molecule has 2 aromatic carbocycles. The Balaban J connectivity index is 1.43. The van der Waals surface area contributed by atoms with Gasteiger partial charge in [-0.15, -0.1) is 0 Å². The minimum absolute atomic E-state index is 0.0518. The molecular weight excluding hydrogens is 381 g/mol. The van der Waals surface area contributed by atoms with Gasteiger partial charge in [0.25, 0.3) is 0 Å². The van der Waals surface area contributed by atoms with E-state index in [-0.39, 0.29) is 24.2 Å². The number of amides is 2. The maximum Gasteiger partial charge on any atom is 0.244 e. The van der Waals surface area contributed by atoms with Gasteiger partial charge in [0.05, 0.1) is 6.54 Å². The van der Waals surface area contributed by atoms with E-state index in [1.54, 1.807) is 23.1 Å². The van der Waals surface area contributed by atoms with Crippen LogP contribution in [0.4, 0.5) is 10.1 Å². The highest BCUT2D eigenvalue weighted by molar-refractivity contribution is 6.30. The van der Waals surface area contributed by atoms with E-state index in [9.17, 15) is 14.0 Å². The standard InChI is InChI=1S/C21H21ClFN3O2/c22-17-2-1-3-19(14-17)25-10-12-26(13-11-25)21(28)15-24-20(27)9-6-16-4-7-18(23)8-5-16/h1-9,14H,10-13,15H2,(H,24,27)/b9-6+. The zero-order chi connectivity index (χ0) is 19.9. The van der Waals surface area contributed by atoms with Crippen molar-refractivity contribution >= 4 is 35.2 Å². The molecule has 0 radical (unpaired) electrons. The Kier molecular flexibility index (Phi) is 6.66. The third kappa shape index (κ3) is 5.57. The molecule has 0 aromatic heterocycles. The normalized spacial score (nSPS) is 14.4. The van der Waals surface area contributed by atoms with Crippen molar-refractivity contribution in [2.45, 2.75) is 0 Å². The number of hydrogen-bond donors (Lipinski definition) is 1. The van der Waals surface area contributed by atoms with E-state index in [1.165, 1.54) is 18.2 Å². The molecule has 0 aliphatic carbocycles. The van der Waals surface area contributed by atoms with Gasteiger partial charge in [-0.05, 0) is 42.0 Å². The molecule has 7 heteroatoms. The van der Waals surface area contributed by atoms with E-state index in [2.05, 4.69) is 10.2 Å². The third-order valence-electron chi connectivity index (χ3n) is 4.52. The molecule has 5 nitrogen and oxygen atoms in total. The molecule has 1 fully saturated rings. The van der Waals surface area contributed by atoms with Crippen LogP contribution in [0.25, 0.3) is 6.08 Å². The number of carbonyl (C=O) groups is 2. The van der Waals surface area contributed by atoms with Gasteiger partial charge in [0, 0.05) is 43.0 Å². The topological polar surface area (TPSA) is 52.7 Å². The number of benzene rings is 2. The summed E-state index contributed by atoms with van der Waals surface area (Å²) in [6, 6.07) is 13.4. The van der Waals surface area contributed by atoms with Crippen molar-refractivity contribution in [1.29, 1.82) is 0 Å². The van der Waals surface area contributed by atoms with Gasteiger partial charge in [-0.1, -0.05) is 29.8 Å². The minimum atomic E-state index is -0.366. The first kappa shape index (κ1) is 19.9. The molecule has 2 aromatic rings. The first-order chi connectivity index (χ1) is 13.5. The van der Waals surface area contributed by atoms with Crippen molar-refractivity contribution in [1.82, 2.24) is 10.2 Å². The summed E-state index contributed by atoms with van der Waals surface area (Å²) >= 11 is 6.03. The Morgan fingerprint density at radius 2 is 1.79 bits per heavy atom. The number of nitrogens with one attached hydrogen (secondary N) is 1. The van der Waals surface area contributed by atoms with Crippen LogP contribution in [0.3, 0.4) is 0 Å². The van der Waals surface area contributed by atoms with Crippen LogP contribution in [-0.2, 0) is 9.59 Å². The molecule has 2 amide bonds. The summed E-state index contributed by atoms with van der Waals surface area (Å²) < 4.78 is 12.9. The molecule has 0 unspecified atom stereocenters. The zero-order valence-electron chi connectivity index (χ0n) is 15.3. The first-order valence-electron chi connectivity index (χ1n) is 9.01. The van der Waals surface area contributed by atoms with Crippen molar-refractivity contribution in [3.05, 3.63) is 71.0 Å². The lowest BCUT2D eigenvalue weighted by atomic mass is 10.2. The van der Waals surface area contributed by atoms with Crippen LogP contribution in [0.2, 0.25) is 5.02 Å². The van der Waals surface area contributed by atoms with Gasteiger partial charge in [0.15, 0.2) is 0 Å². The van der Waals surface area contributed by atoms with Crippen LogP contribution in [0.15, 0.2) is 54.6 Å². The van der Waals surface area contributed by atoms with Crippen molar-refractivity contribution < 1.29 is 14.0 Å². The van der Waals surface area contributed by atoms with Gasteiger partial charge >= 0.3 is 0 Å². The summed E-state index contributed by atoms with van der Waals surface area (Å²) in [5.41, 5.74) is 1.75. The lowest BCUT2D eigenvalue weighted by molar-refractivity contribution is -0.132. The Morgan fingerprint density at radius 3 is 2.46 bits per heavy atom. The second-order valence-electron chi connectivity index (χ2n) is 6.45. The van der Waals surface area contributed by atoms with Gasteiger partial charge in [0.1, 0.15) is 5.82 Å². The van der Waals surface area contributed by atoms with E-state index in [4.69, 9.17) is 11.6 Å². The van der Waals surface area contributed by atoms with Crippen LogP contribution in [0.1, 0.15) is 5.56 Å². The maximum atomic E-state index is 12.9. The molecule has 1 aliphatic heterocycles. The molecule has 1 N–H and O–H groups in total. The highest BCUT2D eigenvalue weighted by Gasteiger charge is 2.21. The van der Waals surface area contributed by atoms with Gasteiger partial charge < -0.3 is 15.1 Å². The smallest absolute Gasteiger partial charge is 0.244 e. The van der Waals surface area contributed by atoms with Crippen LogP contribution >= 0.6 is 11.6 Å². The highest BCUT2D eigenvalue weighted by Crippen LogP contribution is 2.20. The Morgan fingerprint density at radius 1 is 1.07 bits per heavy atom. The average molecular weight is 402 g/mol. The Bertz CT molecular complexity index is 862. The lowest BCUT2D eigenvalue weighted by Gasteiger charge is -2.36. The highest BCUT2D eigenvalue weighted by atomic mass is 35.5. The summed E-state index contributed by atoms with van der Waals surface area (Å²) in [5, 5.41) is 3.28. The predicted molar refractivity (Wildman–Crippen MR) is 109 cm³/mol. The number of piperazine rings is 1. The molecular formula is C21H21ClFN3O2. The Hall–Kier alpha value is -2.86. The van der Waals surface area contributed by atoms with Gasteiger partial charge in [-0.25, -0.2) is 4.39 Å². The van der Waals surface area contributed by atoms with Crippen molar-refractivity contribution in [2.24, 2.45) is 0 Å². The summed E-state index contributed by atoms with van der Waals surface area (Å²) in [4.78, 5) is 28.1. The number of rotatable bonds is 5. The number of carbonyl (C=O) groups excluding carboxylic acids is 2. The van der Waals surface area contributed by atoms with E-state index in [0.717, 1.165) is 5.69 Å². The monoisotopic (exact) mass is 401 g/mol. The maximum absolute atomic E-state index is 12.9. The molecule has 0 spiro atoms. The zero-order valence-corrected chi connectivity index (χ0v) is 16.0. The summed E-state index contributed by atoms with van der Waals surface area (Å²) in [6.45, 7) is 2.55. The Labute approximate surface area is 168 Å². The van der Waals surface area contributed by atoms with E-state index in [1.807, 2.05) is 24.3 Å². The van der Waals surface area contributed by atoms with E-state index in [0.29, 0.717) is 36.8 Å². The third-order valence-corrected chi connectivity index (χ3v) is 4.75. The first-order valence-corrected chi connectivity index (χ1v) is 9.39. The van der Waals surface area contributed by atoms with Crippen molar-refractivity contribution in [3.63, 3.8) is 0 Å². The van der Waals surface area contributed by atoms with Gasteiger partial charge in [-0.2, -0.15) is 0 Å². The SMILES string of the molecule is O=C(/C=C/c1ccc(F)cc1)NCC(=O)N1CCN(c2cccc(Cl)c2)CC1. The van der Waals surface area contributed by atoms with Crippen LogP contribution in [0, 0.1) is 5.82 Å². The molecule has 1 heterocycles. The molecule has 1 saturated heterocycles. The largest absolute Gasteiger partial charge is 0.368 e. The second-order valence-corrected chi connectivity index (χ2v) is 6.89. The molecule has 0 atom stereocenters. The molecule has 28 heavy (non-hydrogen) atoms.